The molecule has 10 heteroatoms. The Bertz CT molecular complexity index is 1160. The fraction of sp³-hybridized carbons (Fsp3) is 0.217. The lowest BCUT2D eigenvalue weighted by atomic mass is 9.96. The summed E-state index contributed by atoms with van der Waals surface area (Å²) in [6.07, 6.45) is 1.96. The highest BCUT2D eigenvalue weighted by Gasteiger charge is 2.42. The SMILES string of the molecule is COC(=O)c1ccccc1NC(=O)CN1C(=O)NC(c2ccc(SC)cc2)C2=C1COC2=O. The number of para-hydroxylation sites is 1. The molecule has 0 saturated heterocycles. The van der Waals surface area contributed by atoms with E-state index < -0.39 is 29.9 Å². The van der Waals surface area contributed by atoms with Crippen molar-refractivity contribution < 1.29 is 28.7 Å². The van der Waals surface area contributed by atoms with Crippen molar-refractivity contribution in [2.24, 2.45) is 0 Å². The minimum absolute atomic E-state index is 0.104. The fourth-order valence-electron chi connectivity index (χ4n) is 3.74. The minimum atomic E-state index is -0.669. The number of ether oxygens (including phenoxy) is 2. The second kappa shape index (κ2) is 9.37. The molecule has 0 saturated carbocycles. The predicted molar refractivity (Wildman–Crippen MR) is 121 cm³/mol. The number of benzene rings is 2. The third-order valence-corrected chi connectivity index (χ3v) is 6.10. The largest absolute Gasteiger partial charge is 0.465 e. The lowest BCUT2D eigenvalue weighted by Gasteiger charge is -2.32. The van der Waals surface area contributed by atoms with E-state index in [1.807, 2.05) is 30.5 Å². The van der Waals surface area contributed by atoms with Gasteiger partial charge in [0, 0.05) is 4.90 Å². The highest BCUT2D eigenvalue weighted by Crippen LogP contribution is 2.35. The van der Waals surface area contributed by atoms with Gasteiger partial charge in [0.15, 0.2) is 0 Å². The third kappa shape index (κ3) is 4.42. The first-order valence-corrected chi connectivity index (χ1v) is 11.2. The number of carbonyl (C=O) groups excluding carboxylic acids is 4. The molecule has 0 bridgehead atoms. The Morgan fingerprint density at radius 2 is 1.91 bits per heavy atom. The molecule has 2 aromatic rings. The van der Waals surface area contributed by atoms with E-state index in [1.54, 1.807) is 30.0 Å². The van der Waals surface area contributed by atoms with E-state index in [1.165, 1.54) is 18.1 Å². The number of nitrogens with one attached hydrogen (secondary N) is 2. The van der Waals surface area contributed by atoms with Gasteiger partial charge in [0.2, 0.25) is 5.91 Å². The van der Waals surface area contributed by atoms with Crippen LogP contribution in [0.1, 0.15) is 22.0 Å². The first-order chi connectivity index (χ1) is 15.9. The van der Waals surface area contributed by atoms with Gasteiger partial charge in [-0.3, -0.25) is 9.69 Å². The predicted octanol–water partition coefficient (Wildman–Crippen LogP) is 2.71. The maximum Gasteiger partial charge on any atom is 0.339 e. The van der Waals surface area contributed by atoms with Crippen LogP contribution in [0.25, 0.3) is 0 Å². The van der Waals surface area contributed by atoms with E-state index in [0.29, 0.717) is 11.3 Å². The molecular weight excluding hydrogens is 446 g/mol. The minimum Gasteiger partial charge on any atom is -0.465 e. The van der Waals surface area contributed by atoms with Crippen LogP contribution in [0.4, 0.5) is 10.5 Å². The summed E-state index contributed by atoms with van der Waals surface area (Å²) < 4.78 is 9.93. The number of thioether (sulfide) groups is 1. The van der Waals surface area contributed by atoms with Crippen molar-refractivity contribution in [1.29, 1.82) is 0 Å². The molecule has 2 aliphatic rings. The molecule has 0 radical (unpaired) electrons. The first kappa shape index (κ1) is 22.4. The average molecular weight is 468 g/mol. The summed E-state index contributed by atoms with van der Waals surface area (Å²) >= 11 is 1.58. The van der Waals surface area contributed by atoms with Gasteiger partial charge < -0.3 is 20.1 Å². The van der Waals surface area contributed by atoms with E-state index in [4.69, 9.17) is 9.47 Å². The van der Waals surface area contributed by atoms with Crippen LogP contribution in [-0.4, -0.2) is 55.3 Å². The molecule has 33 heavy (non-hydrogen) atoms. The number of methoxy groups -OCH3 is 1. The number of carbonyl (C=O) groups is 4. The smallest absolute Gasteiger partial charge is 0.339 e. The van der Waals surface area contributed by atoms with Crippen molar-refractivity contribution in [3.05, 3.63) is 70.9 Å². The van der Waals surface area contributed by atoms with Crippen molar-refractivity contribution in [2.75, 3.05) is 31.8 Å². The lowest BCUT2D eigenvalue weighted by molar-refractivity contribution is -0.136. The summed E-state index contributed by atoms with van der Waals surface area (Å²) in [5.41, 5.74) is 1.83. The van der Waals surface area contributed by atoms with E-state index >= 15 is 0 Å². The van der Waals surface area contributed by atoms with Crippen LogP contribution in [0.3, 0.4) is 0 Å². The fourth-order valence-corrected chi connectivity index (χ4v) is 4.15. The van der Waals surface area contributed by atoms with Gasteiger partial charge >= 0.3 is 18.0 Å². The highest BCUT2D eigenvalue weighted by molar-refractivity contribution is 7.98. The molecule has 1 atom stereocenters. The van der Waals surface area contributed by atoms with Gasteiger partial charge in [-0.15, -0.1) is 11.8 Å². The zero-order chi connectivity index (χ0) is 23.5. The van der Waals surface area contributed by atoms with Crippen LogP contribution >= 0.6 is 11.8 Å². The number of rotatable bonds is 6. The zero-order valence-electron chi connectivity index (χ0n) is 17.9. The Balaban J connectivity index is 1.58. The van der Waals surface area contributed by atoms with Crippen molar-refractivity contribution in [3.8, 4) is 0 Å². The van der Waals surface area contributed by atoms with Crippen LogP contribution < -0.4 is 10.6 Å². The highest BCUT2D eigenvalue weighted by atomic mass is 32.2. The Morgan fingerprint density at radius 3 is 2.61 bits per heavy atom. The van der Waals surface area contributed by atoms with Gasteiger partial charge in [-0.05, 0) is 36.1 Å². The maximum atomic E-state index is 12.9. The molecular formula is C23H21N3O6S. The summed E-state index contributed by atoms with van der Waals surface area (Å²) in [6.45, 7) is -0.470. The molecule has 2 aliphatic heterocycles. The van der Waals surface area contributed by atoms with Crippen LogP contribution in [0, 0.1) is 0 Å². The number of hydrogen-bond donors (Lipinski definition) is 2. The third-order valence-electron chi connectivity index (χ3n) is 5.36. The normalized spacial score (nSPS) is 17.3. The van der Waals surface area contributed by atoms with E-state index in [0.717, 1.165) is 10.5 Å². The summed E-state index contributed by atoms with van der Waals surface area (Å²) in [5, 5.41) is 5.43. The molecule has 2 heterocycles. The number of esters is 2. The Hall–Kier alpha value is -3.79. The molecule has 4 rings (SSSR count). The molecule has 3 amide bonds. The number of nitrogens with zero attached hydrogens (tertiary/aromatic N) is 1. The Labute approximate surface area is 194 Å². The van der Waals surface area contributed by atoms with E-state index in [2.05, 4.69) is 10.6 Å². The van der Waals surface area contributed by atoms with Gasteiger partial charge in [-0.25, -0.2) is 14.4 Å². The van der Waals surface area contributed by atoms with Crippen molar-refractivity contribution in [2.45, 2.75) is 10.9 Å². The van der Waals surface area contributed by atoms with Crippen LogP contribution in [0.5, 0.6) is 0 Å². The van der Waals surface area contributed by atoms with Crippen molar-refractivity contribution >= 4 is 41.3 Å². The van der Waals surface area contributed by atoms with Gasteiger partial charge in [-0.1, -0.05) is 24.3 Å². The van der Waals surface area contributed by atoms with E-state index in [9.17, 15) is 19.2 Å². The molecule has 2 N–H and O–H groups in total. The molecule has 0 fully saturated rings. The quantitative estimate of drug-likeness (QED) is 0.496. The number of urea groups is 1. The molecule has 9 nitrogen and oxygen atoms in total. The molecule has 170 valence electrons. The monoisotopic (exact) mass is 467 g/mol. The lowest BCUT2D eigenvalue weighted by Crippen LogP contribution is -2.49. The summed E-state index contributed by atoms with van der Waals surface area (Å²) in [4.78, 5) is 52.3. The second-order valence-corrected chi connectivity index (χ2v) is 8.14. The number of anilines is 1. The summed E-state index contributed by atoms with van der Waals surface area (Å²) in [6, 6.07) is 12.7. The number of cyclic esters (lactones) is 1. The van der Waals surface area contributed by atoms with Crippen LogP contribution in [0.2, 0.25) is 0 Å². The zero-order valence-corrected chi connectivity index (χ0v) is 18.7. The topological polar surface area (TPSA) is 114 Å². The van der Waals surface area contributed by atoms with E-state index in [-0.39, 0.29) is 24.4 Å². The summed E-state index contributed by atoms with van der Waals surface area (Å²) in [5.74, 6) is -1.68. The maximum absolute atomic E-state index is 12.9. The standard InChI is InChI=1S/C23H21N3O6S/c1-31-21(28)15-5-3-4-6-16(15)24-18(27)11-26-17-12-32-22(29)19(17)20(25-23(26)30)13-7-9-14(33-2)10-8-13/h3-10,20H,11-12H2,1-2H3,(H,24,27)(H,25,30). The number of hydrogen-bond acceptors (Lipinski definition) is 7. The van der Waals surface area contributed by atoms with Crippen LogP contribution in [0.15, 0.2) is 64.7 Å². The summed E-state index contributed by atoms with van der Waals surface area (Å²) in [7, 11) is 1.25. The van der Waals surface area contributed by atoms with Gasteiger partial charge in [-0.2, -0.15) is 0 Å². The first-order valence-electron chi connectivity index (χ1n) is 10.0. The molecule has 0 aromatic heterocycles. The Kier molecular flexibility index (Phi) is 6.36. The Morgan fingerprint density at radius 1 is 1.18 bits per heavy atom. The van der Waals surface area contributed by atoms with Gasteiger partial charge in [0.25, 0.3) is 0 Å². The molecule has 2 aromatic carbocycles. The van der Waals surface area contributed by atoms with Gasteiger partial charge in [0.1, 0.15) is 13.2 Å². The molecule has 0 aliphatic carbocycles. The van der Waals surface area contributed by atoms with Gasteiger partial charge in [0.05, 0.1) is 35.7 Å². The average Bonchev–Trinajstić information content (AvgIpc) is 3.22. The van der Waals surface area contributed by atoms with Crippen LogP contribution in [-0.2, 0) is 19.1 Å². The second-order valence-electron chi connectivity index (χ2n) is 7.26. The van der Waals surface area contributed by atoms with Crippen molar-refractivity contribution in [1.82, 2.24) is 10.2 Å². The molecule has 1 unspecified atom stereocenters. The molecule has 0 spiro atoms. The van der Waals surface area contributed by atoms with Crippen molar-refractivity contribution in [3.63, 3.8) is 0 Å². The number of amides is 3.